The molecule has 1 aliphatic heterocycles. The molecule has 0 amide bonds. The molecule has 0 bridgehead atoms. The van der Waals surface area contributed by atoms with Crippen molar-refractivity contribution in [3.8, 4) is 0 Å². The summed E-state index contributed by atoms with van der Waals surface area (Å²) in [7, 11) is -0.905. The highest BCUT2D eigenvalue weighted by molar-refractivity contribution is 6.52. The Hall–Kier alpha value is 0.137. The second kappa shape index (κ2) is 6.66. The van der Waals surface area contributed by atoms with Crippen molar-refractivity contribution in [3.05, 3.63) is 0 Å². The summed E-state index contributed by atoms with van der Waals surface area (Å²) in [5, 5.41) is 0. The Morgan fingerprint density at radius 3 is 2.33 bits per heavy atom. The van der Waals surface area contributed by atoms with E-state index >= 15 is 0 Å². The Bertz CT molecular complexity index is 169. The van der Waals surface area contributed by atoms with Crippen molar-refractivity contribution in [1.29, 1.82) is 0 Å². The molecule has 15 heavy (non-hydrogen) atoms. The SMILES string of the molecule is CCCOC(C)(CCC)O[SiH]1CCCC1. The average molecular weight is 230 g/mol. The highest BCUT2D eigenvalue weighted by atomic mass is 28.3. The van der Waals surface area contributed by atoms with Gasteiger partial charge in [0.1, 0.15) is 0 Å². The van der Waals surface area contributed by atoms with Crippen LogP contribution in [0.3, 0.4) is 0 Å². The summed E-state index contributed by atoms with van der Waals surface area (Å²) >= 11 is 0. The minimum Gasteiger partial charge on any atom is -0.393 e. The van der Waals surface area contributed by atoms with Crippen molar-refractivity contribution >= 4 is 9.04 Å². The molecule has 3 heteroatoms. The fourth-order valence-corrected chi connectivity index (χ4v) is 5.20. The summed E-state index contributed by atoms with van der Waals surface area (Å²) in [6, 6.07) is 2.71. The van der Waals surface area contributed by atoms with Crippen LogP contribution in [0.15, 0.2) is 0 Å². The molecule has 1 unspecified atom stereocenters. The Kier molecular flexibility index (Phi) is 5.86. The second-order valence-electron chi connectivity index (χ2n) is 4.76. The lowest BCUT2D eigenvalue weighted by Crippen LogP contribution is -2.37. The van der Waals surface area contributed by atoms with Crippen molar-refractivity contribution in [2.45, 2.75) is 70.8 Å². The molecule has 1 saturated heterocycles. The van der Waals surface area contributed by atoms with E-state index in [0.29, 0.717) is 0 Å². The summed E-state index contributed by atoms with van der Waals surface area (Å²) in [5.74, 6) is -0.272. The second-order valence-corrected chi connectivity index (χ2v) is 7.39. The average Bonchev–Trinajstić information content (AvgIpc) is 2.68. The lowest BCUT2D eigenvalue weighted by atomic mass is 10.2. The highest BCUT2D eigenvalue weighted by Crippen LogP contribution is 2.28. The first-order valence-corrected chi connectivity index (χ1v) is 8.62. The van der Waals surface area contributed by atoms with Crippen LogP contribution in [0.5, 0.6) is 0 Å². The summed E-state index contributed by atoms with van der Waals surface area (Å²) in [6.45, 7) is 7.32. The van der Waals surface area contributed by atoms with Crippen LogP contribution in [0, 0.1) is 0 Å². The van der Waals surface area contributed by atoms with Crippen LogP contribution in [-0.4, -0.2) is 21.4 Å². The van der Waals surface area contributed by atoms with Gasteiger partial charge in [-0.3, -0.25) is 0 Å². The normalized spacial score (nSPS) is 21.8. The molecule has 0 radical (unpaired) electrons. The fourth-order valence-electron chi connectivity index (χ4n) is 2.30. The first-order chi connectivity index (χ1) is 7.20. The zero-order valence-electron chi connectivity index (χ0n) is 10.6. The largest absolute Gasteiger partial charge is 0.393 e. The van der Waals surface area contributed by atoms with Gasteiger partial charge < -0.3 is 9.16 Å². The van der Waals surface area contributed by atoms with E-state index in [2.05, 4.69) is 20.8 Å². The molecule has 1 atom stereocenters. The Morgan fingerprint density at radius 2 is 1.80 bits per heavy atom. The highest BCUT2D eigenvalue weighted by Gasteiger charge is 2.30. The van der Waals surface area contributed by atoms with E-state index in [0.717, 1.165) is 25.9 Å². The predicted octanol–water partition coefficient (Wildman–Crippen LogP) is 3.46. The number of rotatable bonds is 7. The van der Waals surface area contributed by atoms with Crippen molar-refractivity contribution < 1.29 is 9.16 Å². The number of ether oxygens (including phenoxy) is 1. The van der Waals surface area contributed by atoms with E-state index in [1.54, 1.807) is 0 Å². The minimum absolute atomic E-state index is 0.272. The van der Waals surface area contributed by atoms with Crippen LogP contribution in [0.4, 0.5) is 0 Å². The first kappa shape index (κ1) is 13.2. The van der Waals surface area contributed by atoms with Gasteiger partial charge in [-0.2, -0.15) is 0 Å². The summed E-state index contributed by atoms with van der Waals surface area (Å²) in [5.41, 5.74) is 0. The molecular weight excluding hydrogens is 204 g/mol. The van der Waals surface area contributed by atoms with E-state index in [9.17, 15) is 0 Å². The zero-order chi connectivity index (χ0) is 11.1. The van der Waals surface area contributed by atoms with Crippen LogP contribution >= 0.6 is 0 Å². The Balaban J connectivity index is 2.39. The van der Waals surface area contributed by atoms with E-state index in [4.69, 9.17) is 9.16 Å². The van der Waals surface area contributed by atoms with E-state index in [1.807, 2.05) is 0 Å². The standard InChI is InChI=1S/C12H26O2Si/c1-4-8-12(3,13-9-5-2)14-15-10-6-7-11-15/h15H,4-11H2,1-3H3. The van der Waals surface area contributed by atoms with Crippen molar-refractivity contribution in [2.24, 2.45) is 0 Å². The van der Waals surface area contributed by atoms with Crippen LogP contribution < -0.4 is 0 Å². The van der Waals surface area contributed by atoms with Crippen molar-refractivity contribution in [2.75, 3.05) is 6.61 Å². The van der Waals surface area contributed by atoms with Gasteiger partial charge in [0.25, 0.3) is 0 Å². The Morgan fingerprint density at radius 1 is 1.13 bits per heavy atom. The summed E-state index contributed by atoms with van der Waals surface area (Å²) in [4.78, 5) is 0. The number of hydrogen-bond donors (Lipinski definition) is 0. The van der Waals surface area contributed by atoms with E-state index in [-0.39, 0.29) is 5.79 Å². The van der Waals surface area contributed by atoms with Gasteiger partial charge in [-0.05, 0) is 31.9 Å². The molecule has 1 aliphatic rings. The summed E-state index contributed by atoms with van der Waals surface area (Å²) < 4.78 is 12.2. The summed E-state index contributed by atoms with van der Waals surface area (Å²) in [6.07, 6.45) is 6.02. The quantitative estimate of drug-likeness (QED) is 0.492. The smallest absolute Gasteiger partial charge is 0.180 e. The van der Waals surface area contributed by atoms with Crippen LogP contribution in [0.25, 0.3) is 0 Å². The van der Waals surface area contributed by atoms with Gasteiger partial charge in [0.2, 0.25) is 0 Å². The number of hydrogen-bond acceptors (Lipinski definition) is 2. The van der Waals surface area contributed by atoms with Gasteiger partial charge in [-0.15, -0.1) is 0 Å². The monoisotopic (exact) mass is 230 g/mol. The zero-order valence-corrected chi connectivity index (χ0v) is 11.7. The van der Waals surface area contributed by atoms with E-state index in [1.165, 1.54) is 24.9 Å². The van der Waals surface area contributed by atoms with Crippen LogP contribution in [-0.2, 0) is 9.16 Å². The fraction of sp³-hybridized carbons (Fsp3) is 1.00. The molecule has 0 saturated carbocycles. The van der Waals surface area contributed by atoms with Gasteiger partial charge in [-0.1, -0.05) is 33.1 Å². The molecule has 1 rings (SSSR count). The maximum Gasteiger partial charge on any atom is 0.180 e. The third-order valence-corrected chi connectivity index (χ3v) is 5.97. The van der Waals surface area contributed by atoms with Crippen LogP contribution in [0.2, 0.25) is 12.1 Å². The molecule has 90 valence electrons. The molecule has 1 heterocycles. The van der Waals surface area contributed by atoms with Crippen molar-refractivity contribution in [3.63, 3.8) is 0 Å². The maximum absolute atomic E-state index is 6.26. The lowest BCUT2D eigenvalue weighted by Gasteiger charge is -2.33. The lowest BCUT2D eigenvalue weighted by molar-refractivity contribution is -0.177. The molecule has 0 N–H and O–H groups in total. The van der Waals surface area contributed by atoms with Gasteiger partial charge >= 0.3 is 0 Å². The van der Waals surface area contributed by atoms with Crippen LogP contribution in [0.1, 0.15) is 52.9 Å². The van der Waals surface area contributed by atoms with Crippen molar-refractivity contribution in [1.82, 2.24) is 0 Å². The molecule has 1 fully saturated rings. The maximum atomic E-state index is 6.26. The molecule has 0 aromatic heterocycles. The minimum atomic E-state index is -0.905. The van der Waals surface area contributed by atoms with Gasteiger partial charge in [-0.25, -0.2) is 0 Å². The molecule has 0 spiro atoms. The topological polar surface area (TPSA) is 18.5 Å². The van der Waals surface area contributed by atoms with Gasteiger partial charge in [0.15, 0.2) is 14.8 Å². The molecular formula is C12H26O2Si. The molecule has 0 aromatic carbocycles. The first-order valence-electron chi connectivity index (χ1n) is 6.52. The third kappa shape index (κ3) is 4.66. The van der Waals surface area contributed by atoms with Gasteiger partial charge in [0, 0.05) is 6.61 Å². The predicted molar refractivity (Wildman–Crippen MR) is 66.6 cm³/mol. The molecule has 2 nitrogen and oxygen atoms in total. The Labute approximate surface area is 96.1 Å². The third-order valence-electron chi connectivity index (χ3n) is 3.03. The van der Waals surface area contributed by atoms with Gasteiger partial charge in [0.05, 0.1) is 0 Å². The molecule has 0 aliphatic carbocycles. The van der Waals surface area contributed by atoms with E-state index < -0.39 is 9.04 Å². The molecule has 0 aromatic rings.